The highest BCUT2D eigenvalue weighted by Crippen LogP contribution is 2.23. The summed E-state index contributed by atoms with van der Waals surface area (Å²) in [5.41, 5.74) is 2.40. The highest BCUT2D eigenvalue weighted by Gasteiger charge is 2.25. The van der Waals surface area contributed by atoms with E-state index in [1.807, 2.05) is 19.9 Å². The first-order valence-corrected chi connectivity index (χ1v) is 8.65. The van der Waals surface area contributed by atoms with Crippen LogP contribution >= 0.6 is 0 Å². The van der Waals surface area contributed by atoms with E-state index in [0.29, 0.717) is 24.1 Å². The minimum absolute atomic E-state index is 0.308. The second-order valence-corrected chi connectivity index (χ2v) is 6.47. The lowest BCUT2D eigenvalue weighted by Gasteiger charge is -2.22. The van der Waals surface area contributed by atoms with E-state index in [1.54, 1.807) is 0 Å². The van der Waals surface area contributed by atoms with Crippen molar-refractivity contribution < 1.29 is 9.59 Å². The van der Waals surface area contributed by atoms with Crippen LogP contribution in [0.25, 0.3) is 11.0 Å². The Morgan fingerprint density at radius 2 is 2.16 bits per heavy atom. The summed E-state index contributed by atoms with van der Waals surface area (Å²) in [5, 5.41) is 12.9. The lowest BCUT2D eigenvalue weighted by atomic mass is 10.2. The number of aromatic amines is 1. The third-order valence-corrected chi connectivity index (χ3v) is 4.70. The van der Waals surface area contributed by atoms with Gasteiger partial charge in [0, 0.05) is 18.3 Å². The monoisotopic (exact) mass is 344 g/mol. The predicted molar refractivity (Wildman–Crippen MR) is 95.3 cm³/mol. The zero-order chi connectivity index (χ0) is 18.0. The van der Waals surface area contributed by atoms with E-state index in [1.165, 1.54) is 0 Å². The zero-order valence-corrected chi connectivity index (χ0v) is 14.8. The highest BCUT2D eigenvalue weighted by atomic mass is 16.2. The summed E-state index contributed by atoms with van der Waals surface area (Å²) in [6.07, 6.45) is 2.18. The molecule has 1 atom stereocenters. The number of carbonyl (C=O) groups is 2. The largest absolute Gasteiger partial charge is 0.346 e. The third kappa shape index (κ3) is 3.63. The van der Waals surface area contributed by atoms with Crippen molar-refractivity contribution >= 4 is 28.7 Å². The van der Waals surface area contributed by atoms with Gasteiger partial charge in [0.2, 0.25) is 0 Å². The number of hydrogen-bond donors (Lipinski definition) is 3. The van der Waals surface area contributed by atoms with Gasteiger partial charge in [0.1, 0.15) is 0 Å². The van der Waals surface area contributed by atoms with Gasteiger partial charge in [-0.2, -0.15) is 5.10 Å². The van der Waals surface area contributed by atoms with Gasteiger partial charge in [0.05, 0.1) is 5.39 Å². The molecule has 1 aliphatic heterocycles. The molecule has 8 heteroatoms. The number of aromatic nitrogens is 3. The molecule has 2 aromatic heterocycles. The topological polar surface area (TPSA) is 103 Å². The smallest absolute Gasteiger partial charge is 0.314 e. The molecule has 3 rings (SSSR count). The number of carbonyl (C=O) groups excluding carboxylic acids is 2. The molecule has 0 aromatic carbocycles. The molecule has 0 aliphatic carbocycles. The van der Waals surface area contributed by atoms with E-state index in [4.69, 9.17) is 0 Å². The van der Waals surface area contributed by atoms with E-state index in [-0.39, 0.29) is 0 Å². The molecule has 2 amide bonds. The number of hydrogen-bond acceptors (Lipinski definition) is 5. The van der Waals surface area contributed by atoms with E-state index in [2.05, 4.69) is 37.6 Å². The Bertz CT molecular complexity index is 800. The van der Waals surface area contributed by atoms with Crippen LogP contribution < -0.4 is 10.6 Å². The van der Waals surface area contributed by atoms with Crippen molar-refractivity contribution in [1.82, 2.24) is 25.4 Å². The van der Waals surface area contributed by atoms with Crippen molar-refractivity contribution in [2.24, 2.45) is 0 Å². The first-order chi connectivity index (χ1) is 12.0. The summed E-state index contributed by atoms with van der Waals surface area (Å²) in [6.45, 7) is 8.41. The fraction of sp³-hybridized carbons (Fsp3) is 0.529. The van der Waals surface area contributed by atoms with Crippen LogP contribution in [0.5, 0.6) is 0 Å². The maximum atomic E-state index is 12.2. The number of anilines is 1. The molecule has 0 bridgehead atoms. The van der Waals surface area contributed by atoms with E-state index in [9.17, 15) is 9.59 Å². The van der Waals surface area contributed by atoms with Crippen molar-refractivity contribution in [3.63, 3.8) is 0 Å². The Morgan fingerprint density at radius 3 is 2.92 bits per heavy atom. The Kier molecular flexibility index (Phi) is 4.98. The number of nitrogens with one attached hydrogen (secondary N) is 3. The second kappa shape index (κ2) is 7.18. The van der Waals surface area contributed by atoms with Gasteiger partial charge in [-0.25, -0.2) is 4.98 Å². The van der Waals surface area contributed by atoms with E-state index < -0.39 is 11.8 Å². The number of H-pyrrole nitrogens is 1. The van der Waals surface area contributed by atoms with Crippen molar-refractivity contribution in [3.05, 3.63) is 17.3 Å². The number of pyridine rings is 1. The Balaban J connectivity index is 1.63. The maximum absolute atomic E-state index is 12.2. The van der Waals surface area contributed by atoms with E-state index in [0.717, 1.165) is 42.6 Å². The SMILES string of the molecule is CCN1CCC[C@H]1CNC(=O)C(=O)Nc1n[nH]c2nc(C)cc(C)c12. The maximum Gasteiger partial charge on any atom is 0.314 e. The third-order valence-electron chi connectivity index (χ3n) is 4.70. The summed E-state index contributed by atoms with van der Waals surface area (Å²) in [7, 11) is 0. The average molecular weight is 344 g/mol. The van der Waals surface area contributed by atoms with Gasteiger partial charge in [0.15, 0.2) is 11.5 Å². The number of likely N-dealkylation sites (tertiary alicyclic amines) is 1. The van der Waals surface area contributed by atoms with Gasteiger partial charge in [0.25, 0.3) is 0 Å². The van der Waals surface area contributed by atoms with E-state index >= 15 is 0 Å². The lowest BCUT2D eigenvalue weighted by molar-refractivity contribution is -0.136. The minimum Gasteiger partial charge on any atom is -0.346 e. The van der Waals surface area contributed by atoms with Gasteiger partial charge in [-0.05, 0) is 51.4 Å². The van der Waals surface area contributed by atoms with Crippen molar-refractivity contribution in [3.8, 4) is 0 Å². The van der Waals surface area contributed by atoms with Crippen LogP contribution in [0.4, 0.5) is 5.82 Å². The van der Waals surface area contributed by atoms with Crippen LogP contribution in [-0.4, -0.2) is 57.6 Å². The van der Waals surface area contributed by atoms with Crippen molar-refractivity contribution in [1.29, 1.82) is 0 Å². The molecule has 0 unspecified atom stereocenters. The Morgan fingerprint density at radius 1 is 1.36 bits per heavy atom. The highest BCUT2D eigenvalue weighted by molar-refractivity contribution is 6.40. The molecule has 0 radical (unpaired) electrons. The molecule has 25 heavy (non-hydrogen) atoms. The quantitative estimate of drug-likeness (QED) is 0.721. The second-order valence-electron chi connectivity index (χ2n) is 6.47. The minimum atomic E-state index is -0.713. The van der Waals surface area contributed by atoms with Crippen LogP contribution in [-0.2, 0) is 9.59 Å². The van der Waals surface area contributed by atoms with Crippen LogP contribution in [0.15, 0.2) is 6.07 Å². The fourth-order valence-corrected chi connectivity index (χ4v) is 3.47. The van der Waals surface area contributed by atoms with Crippen molar-refractivity contribution in [2.45, 2.75) is 39.7 Å². The Hall–Kier alpha value is -2.48. The molecule has 3 heterocycles. The Labute approximate surface area is 146 Å². The normalized spacial score (nSPS) is 17.8. The first kappa shape index (κ1) is 17.3. The summed E-state index contributed by atoms with van der Waals surface area (Å²) < 4.78 is 0. The standard InChI is InChI=1S/C17H24N6O2/c1-4-23-7-5-6-12(23)9-18-16(24)17(25)20-15-13-10(2)8-11(3)19-14(13)21-22-15/h8,12H,4-7,9H2,1-3H3,(H,18,24)(H2,19,20,21,22,25)/t12-/m0/s1. The van der Waals surface area contributed by atoms with Crippen LogP contribution in [0.1, 0.15) is 31.0 Å². The summed E-state index contributed by atoms with van der Waals surface area (Å²) >= 11 is 0. The number of amides is 2. The number of aryl methyl sites for hydroxylation is 2. The molecule has 0 saturated carbocycles. The molecule has 2 aromatic rings. The van der Waals surface area contributed by atoms with Gasteiger partial charge < -0.3 is 10.6 Å². The van der Waals surface area contributed by atoms with Gasteiger partial charge in [-0.1, -0.05) is 6.92 Å². The zero-order valence-electron chi connectivity index (χ0n) is 14.8. The molecule has 1 saturated heterocycles. The van der Waals surface area contributed by atoms with Crippen LogP contribution in [0, 0.1) is 13.8 Å². The van der Waals surface area contributed by atoms with Crippen molar-refractivity contribution in [2.75, 3.05) is 25.0 Å². The lowest BCUT2D eigenvalue weighted by Crippen LogP contribution is -2.43. The van der Waals surface area contributed by atoms with Gasteiger partial charge in [-0.3, -0.25) is 19.6 Å². The molecule has 8 nitrogen and oxygen atoms in total. The molecule has 1 aliphatic rings. The van der Waals surface area contributed by atoms with Gasteiger partial charge >= 0.3 is 11.8 Å². The van der Waals surface area contributed by atoms with Gasteiger partial charge in [-0.15, -0.1) is 0 Å². The fourth-order valence-electron chi connectivity index (χ4n) is 3.47. The summed E-state index contributed by atoms with van der Waals surface area (Å²) in [6, 6.07) is 2.22. The molecule has 1 fully saturated rings. The predicted octanol–water partition coefficient (Wildman–Crippen LogP) is 1.11. The summed E-state index contributed by atoms with van der Waals surface area (Å²) in [4.78, 5) is 30.9. The number of fused-ring (bicyclic) bond motifs is 1. The molecule has 0 spiro atoms. The number of rotatable bonds is 4. The van der Waals surface area contributed by atoms with Crippen LogP contribution in [0.3, 0.4) is 0 Å². The molecule has 134 valence electrons. The number of likely N-dealkylation sites (N-methyl/N-ethyl adjacent to an activating group) is 1. The molecular formula is C17H24N6O2. The summed E-state index contributed by atoms with van der Waals surface area (Å²) in [5.74, 6) is -1.03. The molecular weight excluding hydrogens is 320 g/mol. The number of nitrogens with zero attached hydrogens (tertiary/aromatic N) is 3. The average Bonchev–Trinajstić information content (AvgIpc) is 3.19. The first-order valence-electron chi connectivity index (χ1n) is 8.65. The molecule has 3 N–H and O–H groups in total. The van der Waals surface area contributed by atoms with Crippen LogP contribution in [0.2, 0.25) is 0 Å².